The summed E-state index contributed by atoms with van der Waals surface area (Å²) in [6.07, 6.45) is 7.02. The number of hydrogen-bond donors (Lipinski definition) is 1. The van der Waals surface area contributed by atoms with E-state index in [1.54, 1.807) is 0 Å². The van der Waals surface area contributed by atoms with Crippen molar-refractivity contribution < 1.29 is 0 Å². The SMILES string of the molecule is C=C1CC23CCCC2(CNC3)C1. The highest BCUT2D eigenvalue weighted by atomic mass is 15.0. The topological polar surface area (TPSA) is 12.0 Å². The highest BCUT2D eigenvalue weighted by Crippen LogP contribution is 2.65. The number of hydrogen-bond acceptors (Lipinski definition) is 1. The highest BCUT2D eigenvalue weighted by Gasteiger charge is 2.60. The van der Waals surface area contributed by atoms with Crippen molar-refractivity contribution >= 4 is 0 Å². The number of rotatable bonds is 0. The van der Waals surface area contributed by atoms with E-state index >= 15 is 0 Å². The zero-order valence-corrected chi connectivity index (χ0v) is 7.66. The van der Waals surface area contributed by atoms with Crippen LogP contribution in [0.1, 0.15) is 32.1 Å². The van der Waals surface area contributed by atoms with Gasteiger partial charge in [-0.3, -0.25) is 0 Å². The Morgan fingerprint density at radius 2 is 1.67 bits per heavy atom. The zero-order chi connectivity index (χ0) is 8.23. The van der Waals surface area contributed by atoms with E-state index in [-0.39, 0.29) is 0 Å². The summed E-state index contributed by atoms with van der Waals surface area (Å²) in [5.74, 6) is 0. The minimum Gasteiger partial charge on any atom is -0.316 e. The van der Waals surface area contributed by atoms with Crippen LogP contribution in [0.15, 0.2) is 12.2 Å². The van der Waals surface area contributed by atoms with Gasteiger partial charge in [-0.25, -0.2) is 0 Å². The molecule has 0 amide bonds. The summed E-state index contributed by atoms with van der Waals surface area (Å²) in [4.78, 5) is 0. The molecule has 0 radical (unpaired) electrons. The zero-order valence-electron chi connectivity index (χ0n) is 7.66. The van der Waals surface area contributed by atoms with Crippen molar-refractivity contribution in [2.45, 2.75) is 32.1 Å². The molecule has 2 saturated carbocycles. The second kappa shape index (κ2) is 1.95. The highest BCUT2D eigenvalue weighted by molar-refractivity contribution is 5.24. The Balaban J connectivity index is 2.07. The molecular weight excluding hydrogens is 146 g/mol. The normalized spacial score (nSPS) is 51.2. The molecule has 0 aromatic heterocycles. The Hall–Kier alpha value is -0.300. The monoisotopic (exact) mass is 163 g/mol. The Labute approximate surface area is 74.2 Å². The van der Waals surface area contributed by atoms with Crippen LogP contribution in [0.5, 0.6) is 0 Å². The van der Waals surface area contributed by atoms with Crippen molar-refractivity contribution in [3.8, 4) is 0 Å². The van der Waals surface area contributed by atoms with Gasteiger partial charge < -0.3 is 5.32 Å². The van der Waals surface area contributed by atoms with Crippen LogP contribution >= 0.6 is 0 Å². The van der Waals surface area contributed by atoms with Gasteiger partial charge in [0.2, 0.25) is 0 Å². The Kier molecular flexibility index (Phi) is 1.16. The van der Waals surface area contributed by atoms with Gasteiger partial charge in [-0.2, -0.15) is 0 Å². The minimum atomic E-state index is 0.657. The summed E-state index contributed by atoms with van der Waals surface area (Å²) < 4.78 is 0. The Morgan fingerprint density at radius 1 is 1.08 bits per heavy atom. The minimum absolute atomic E-state index is 0.657. The third kappa shape index (κ3) is 0.610. The standard InChI is InChI=1S/C11H17N/c1-9-5-10-3-2-4-11(10,6-9)8-12-7-10/h12H,1-8H2. The molecule has 66 valence electrons. The summed E-state index contributed by atoms with van der Waals surface area (Å²) in [6.45, 7) is 6.72. The molecule has 3 rings (SSSR count). The van der Waals surface area contributed by atoms with Crippen LogP contribution in [0, 0.1) is 10.8 Å². The summed E-state index contributed by atoms with van der Waals surface area (Å²) in [5.41, 5.74) is 2.84. The van der Waals surface area contributed by atoms with Crippen molar-refractivity contribution in [3.63, 3.8) is 0 Å². The van der Waals surface area contributed by atoms with E-state index in [0.29, 0.717) is 10.8 Å². The van der Waals surface area contributed by atoms with Crippen molar-refractivity contribution in [1.29, 1.82) is 0 Å². The molecule has 1 heteroatoms. The van der Waals surface area contributed by atoms with Gasteiger partial charge in [0.1, 0.15) is 0 Å². The van der Waals surface area contributed by atoms with Crippen LogP contribution in [0.2, 0.25) is 0 Å². The third-order valence-corrected chi connectivity index (χ3v) is 4.54. The molecule has 0 aromatic carbocycles. The quantitative estimate of drug-likeness (QED) is 0.539. The molecule has 1 heterocycles. The molecule has 1 aliphatic heterocycles. The molecule has 2 aliphatic carbocycles. The molecule has 0 bridgehead atoms. The van der Waals surface area contributed by atoms with E-state index in [0.717, 1.165) is 0 Å². The molecule has 2 unspecified atom stereocenters. The summed E-state index contributed by atoms with van der Waals surface area (Å²) >= 11 is 0. The maximum atomic E-state index is 4.18. The lowest BCUT2D eigenvalue weighted by Crippen LogP contribution is -2.30. The predicted octanol–water partition coefficient (Wildman–Crippen LogP) is 2.10. The third-order valence-electron chi connectivity index (χ3n) is 4.54. The predicted molar refractivity (Wildman–Crippen MR) is 50.0 cm³/mol. The van der Waals surface area contributed by atoms with Crippen LogP contribution in [0.25, 0.3) is 0 Å². The lowest BCUT2D eigenvalue weighted by molar-refractivity contribution is 0.184. The molecule has 3 fully saturated rings. The van der Waals surface area contributed by atoms with Crippen molar-refractivity contribution in [1.82, 2.24) is 5.32 Å². The van der Waals surface area contributed by atoms with Crippen molar-refractivity contribution in [2.75, 3.05) is 13.1 Å². The van der Waals surface area contributed by atoms with Gasteiger partial charge in [-0.15, -0.1) is 0 Å². The first-order valence-electron chi connectivity index (χ1n) is 5.14. The molecule has 1 N–H and O–H groups in total. The van der Waals surface area contributed by atoms with Gasteiger partial charge in [0.15, 0.2) is 0 Å². The fourth-order valence-corrected chi connectivity index (χ4v) is 4.08. The summed E-state index contributed by atoms with van der Waals surface area (Å²) in [5, 5.41) is 3.59. The Bertz CT molecular complexity index is 209. The lowest BCUT2D eigenvalue weighted by atomic mass is 9.71. The summed E-state index contributed by atoms with van der Waals surface area (Å²) in [7, 11) is 0. The lowest BCUT2D eigenvalue weighted by Gasteiger charge is -2.31. The van der Waals surface area contributed by atoms with Gasteiger partial charge >= 0.3 is 0 Å². The molecular formula is C11H17N. The summed E-state index contributed by atoms with van der Waals surface area (Å²) in [6, 6.07) is 0. The molecule has 1 nitrogen and oxygen atoms in total. The molecule has 2 atom stereocenters. The second-order valence-electron chi connectivity index (χ2n) is 5.12. The van der Waals surface area contributed by atoms with Crippen LogP contribution < -0.4 is 5.32 Å². The van der Waals surface area contributed by atoms with Crippen LogP contribution in [0.4, 0.5) is 0 Å². The van der Waals surface area contributed by atoms with E-state index in [4.69, 9.17) is 0 Å². The number of allylic oxidation sites excluding steroid dienone is 1. The second-order valence-corrected chi connectivity index (χ2v) is 5.12. The molecule has 3 aliphatic rings. The van der Waals surface area contributed by atoms with Gasteiger partial charge in [0.25, 0.3) is 0 Å². The molecule has 1 saturated heterocycles. The fraction of sp³-hybridized carbons (Fsp3) is 0.818. The van der Waals surface area contributed by atoms with Crippen molar-refractivity contribution in [2.24, 2.45) is 10.8 Å². The van der Waals surface area contributed by atoms with Gasteiger partial charge in [-0.05, 0) is 36.5 Å². The maximum absolute atomic E-state index is 4.18. The maximum Gasteiger partial charge on any atom is 0.00170 e. The van der Waals surface area contributed by atoms with Gasteiger partial charge in [-0.1, -0.05) is 18.6 Å². The molecule has 0 spiro atoms. The van der Waals surface area contributed by atoms with E-state index in [1.807, 2.05) is 0 Å². The largest absolute Gasteiger partial charge is 0.316 e. The van der Waals surface area contributed by atoms with E-state index < -0.39 is 0 Å². The Morgan fingerprint density at radius 3 is 2.25 bits per heavy atom. The van der Waals surface area contributed by atoms with Gasteiger partial charge in [0, 0.05) is 13.1 Å². The average Bonchev–Trinajstić information content (AvgIpc) is 2.44. The molecule has 12 heavy (non-hydrogen) atoms. The molecule has 0 aromatic rings. The first-order valence-corrected chi connectivity index (χ1v) is 5.14. The van der Waals surface area contributed by atoms with Crippen LogP contribution in [-0.2, 0) is 0 Å². The number of nitrogens with one attached hydrogen (secondary N) is 1. The van der Waals surface area contributed by atoms with Gasteiger partial charge in [0.05, 0.1) is 0 Å². The fourth-order valence-electron chi connectivity index (χ4n) is 4.08. The van der Waals surface area contributed by atoms with Crippen molar-refractivity contribution in [3.05, 3.63) is 12.2 Å². The van der Waals surface area contributed by atoms with Crippen LogP contribution in [0.3, 0.4) is 0 Å². The average molecular weight is 163 g/mol. The van der Waals surface area contributed by atoms with E-state index in [9.17, 15) is 0 Å². The smallest absolute Gasteiger partial charge is 0.00170 e. The van der Waals surface area contributed by atoms with E-state index in [1.165, 1.54) is 50.8 Å². The van der Waals surface area contributed by atoms with E-state index in [2.05, 4.69) is 11.9 Å². The van der Waals surface area contributed by atoms with Crippen LogP contribution in [-0.4, -0.2) is 13.1 Å². The first kappa shape index (κ1) is 7.14. The first-order chi connectivity index (χ1) is 5.77.